The van der Waals surface area contributed by atoms with E-state index in [0.29, 0.717) is 0 Å². The van der Waals surface area contributed by atoms with E-state index >= 15 is 0 Å². The predicted octanol–water partition coefficient (Wildman–Crippen LogP) is -1.41. The summed E-state index contributed by atoms with van der Waals surface area (Å²) in [5.74, 6) is 0. The fraction of sp³-hybridized carbons (Fsp3) is 1.00. The molecule has 0 aliphatic heterocycles. The van der Waals surface area contributed by atoms with E-state index in [1.807, 2.05) is 0 Å². The molecule has 18 heavy (non-hydrogen) atoms. The summed E-state index contributed by atoms with van der Waals surface area (Å²) in [5.41, 5.74) is 0. The third-order valence-electron chi connectivity index (χ3n) is 2.88. The van der Waals surface area contributed by atoms with E-state index in [9.17, 15) is 20.4 Å². The van der Waals surface area contributed by atoms with Gasteiger partial charge in [0.25, 0.3) is 0 Å². The normalized spacial score (nSPS) is 19.7. The van der Waals surface area contributed by atoms with E-state index in [2.05, 4.69) is 0 Å². The van der Waals surface area contributed by atoms with E-state index in [1.54, 1.807) is 6.55 Å². The van der Waals surface area contributed by atoms with Crippen LogP contribution in [0.5, 0.6) is 0 Å². The maximum atomic E-state index is 9.88. The summed E-state index contributed by atoms with van der Waals surface area (Å²) >= 11 is 0. The summed E-state index contributed by atoms with van der Waals surface area (Å²) in [6.45, 7) is 4.54. The van der Waals surface area contributed by atoms with Gasteiger partial charge in [0.2, 0.25) is 0 Å². The molecule has 0 amide bonds. The second-order valence-electron chi connectivity index (χ2n) is 4.52. The van der Waals surface area contributed by atoms with Gasteiger partial charge in [-0.2, -0.15) is 0 Å². The van der Waals surface area contributed by atoms with Crippen molar-refractivity contribution in [2.45, 2.75) is 45.1 Å². The van der Waals surface area contributed by atoms with Crippen molar-refractivity contribution in [1.82, 2.24) is 4.90 Å². The molecule has 0 radical (unpaired) electrons. The van der Waals surface area contributed by atoms with Crippen molar-refractivity contribution in [3.8, 4) is 0 Å². The Morgan fingerprint density at radius 1 is 0.944 bits per heavy atom. The molecule has 0 aromatic carbocycles. The highest BCUT2D eigenvalue weighted by molar-refractivity contribution is 6.66. The summed E-state index contributed by atoms with van der Waals surface area (Å²) in [6, 6.07) is 0. The third-order valence-corrected chi connectivity index (χ3v) is 5.54. The number of aliphatic hydroxyl groups excluding tert-OH is 4. The Hall–Kier alpha value is -0.0631. The molecule has 0 aliphatic rings. The Bertz CT molecular complexity index is 222. The van der Waals surface area contributed by atoms with Crippen LogP contribution in [0.1, 0.15) is 13.8 Å². The Morgan fingerprint density at radius 2 is 1.28 bits per heavy atom. The maximum Gasteiger partial charge on any atom is 0.349 e. The van der Waals surface area contributed by atoms with Crippen molar-refractivity contribution in [2.24, 2.45) is 0 Å². The zero-order valence-corrected chi connectivity index (χ0v) is 12.6. The Balaban J connectivity index is 4.99. The average Bonchev–Trinajstić information content (AvgIpc) is 2.33. The number of hydrogen-bond donors (Lipinski definition) is 4. The second kappa shape index (κ2) is 7.51. The fourth-order valence-electron chi connectivity index (χ4n) is 1.44. The van der Waals surface area contributed by atoms with Gasteiger partial charge < -0.3 is 29.3 Å². The molecule has 0 saturated carbocycles. The first kappa shape index (κ1) is 17.9. The van der Waals surface area contributed by atoms with Gasteiger partial charge in [-0.3, -0.25) is 0 Å². The summed E-state index contributed by atoms with van der Waals surface area (Å²) < 4.78 is 10.5. The van der Waals surface area contributed by atoms with E-state index in [4.69, 9.17) is 8.85 Å². The van der Waals surface area contributed by atoms with Crippen LogP contribution in [-0.2, 0) is 8.85 Å². The fourth-order valence-corrected chi connectivity index (χ4v) is 2.90. The molecule has 0 spiro atoms. The first-order valence-corrected chi connectivity index (χ1v) is 8.29. The Kier molecular flexibility index (Phi) is 7.48. The molecule has 8 heteroatoms. The van der Waals surface area contributed by atoms with Crippen LogP contribution in [0.15, 0.2) is 0 Å². The first-order chi connectivity index (χ1) is 8.18. The van der Waals surface area contributed by atoms with Crippen LogP contribution in [0.4, 0.5) is 0 Å². The van der Waals surface area contributed by atoms with Crippen molar-refractivity contribution in [3.05, 3.63) is 0 Å². The average molecular weight is 283 g/mol. The van der Waals surface area contributed by atoms with Crippen molar-refractivity contribution in [2.75, 3.05) is 20.4 Å². The van der Waals surface area contributed by atoms with Crippen LogP contribution < -0.4 is 0 Å². The summed E-state index contributed by atoms with van der Waals surface area (Å²) in [6.07, 6.45) is -4.67. The lowest BCUT2D eigenvalue weighted by atomic mass is 10.2. The van der Waals surface area contributed by atoms with E-state index in [1.165, 1.54) is 33.0 Å². The topological polar surface area (TPSA) is 103 Å². The van der Waals surface area contributed by atoms with Crippen LogP contribution in [0, 0.1) is 0 Å². The van der Waals surface area contributed by atoms with Crippen LogP contribution >= 0.6 is 0 Å². The molecule has 7 nitrogen and oxygen atoms in total. The largest absolute Gasteiger partial charge is 0.397 e. The van der Waals surface area contributed by atoms with Crippen molar-refractivity contribution < 1.29 is 29.3 Å². The van der Waals surface area contributed by atoms with Gasteiger partial charge in [0, 0.05) is 20.4 Å². The van der Waals surface area contributed by atoms with E-state index < -0.39 is 33.2 Å². The lowest BCUT2D eigenvalue weighted by molar-refractivity contribution is -0.167. The minimum atomic E-state index is -2.59. The van der Waals surface area contributed by atoms with E-state index in [0.717, 1.165) is 0 Å². The molecule has 4 N–H and O–H groups in total. The quantitative estimate of drug-likeness (QED) is 0.321. The zero-order chi connectivity index (χ0) is 14.5. The van der Waals surface area contributed by atoms with Crippen LogP contribution in [0.25, 0.3) is 0 Å². The van der Waals surface area contributed by atoms with Crippen LogP contribution in [-0.4, -0.2) is 78.9 Å². The maximum absolute atomic E-state index is 9.88. The smallest absolute Gasteiger partial charge is 0.349 e. The molecule has 0 heterocycles. The SMILES string of the molecule is CO[Si](C)(CN(C(O)C(C)O)C(O)C(C)O)OC. The summed E-state index contributed by atoms with van der Waals surface area (Å²) in [4.78, 5) is 1.18. The molecule has 0 fully saturated rings. The molecule has 0 bridgehead atoms. The van der Waals surface area contributed by atoms with Crippen LogP contribution in [0.3, 0.4) is 0 Å². The number of rotatable bonds is 8. The summed E-state index contributed by atoms with van der Waals surface area (Å²) in [5, 5.41) is 38.6. The highest BCUT2D eigenvalue weighted by atomic mass is 28.4. The number of hydrogen-bond acceptors (Lipinski definition) is 7. The van der Waals surface area contributed by atoms with Gasteiger partial charge in [0.1, 0.15) is 12.5 Å². The van der Waals surface area contributed by atoms with Gasteiger partial charge in [-0.15, -0.1) is 0 Å². The molecule has 0 saturated heterocycles. The zero-order valence-electron chi connectivity index (χ0n) is 11.6. The molecule has 4 atom stereocenters. The van der Waals surface area contributed by atoms with Gasteiger partial charge in [-0.05, 0) is 20.4 Å². The van der Waals surface area contributed by atoms with Gasteiger partial charge >= 0.3 is 8.56 Å². The second-order valence-corrected chi connectivity index (χ2v) is 7.92. The molecular formula is C10H25NO6Si. The number of aliphatic hydroxyl groups is 4. The number of nitrogens with zero attached hydrogens (tertiary/aromatic N) is 1. The van der Waals surface area contributed by atoms with Gasteiger partial charge in [0.15, 0.2) is 0 Å². The van der Waals surface area contributed by atoms with E-state index in [-0.39, 0.29) is 6.17 Å². The van der Waals surface area contributed by atoms with Crippen molar-refractivity contribution in [1.29, 1.82) is 0 Å². The van der Waals surface area contributed by atoms with Gasteiger partial charge in [0.05, 0.1) is 12.2 Å². The monoisotopic (exact) mass is 283 g/mol. The predicted molar refractivity (Wildman–Crippen MR) is 67.7 cm³/mol. The molecule has 110 valence electrons. The molecule has 0 aromatic heterocycles. The highest BCUT2D eigenvalue weighted by Gasteiger charge is 2.39. The molecular weight excluding hydrogens is 258 g/mol. The molecule has 0 aliphatic carbocycles. The van der Waals surface area contributed by atoms with Gasteiger partial charge in [-0.25, -0.2) is 4.90 Å². The lowest BCUT2D eigenvalue weighted by Gasteiger charge is -2.38. The summed E-state index contributed by atoms with van der Waals surface area (Å²) in [7, 11) is 0.373. The highest BCUT2D eigenvalue weighted by Crippen LogP contribution is 2.15. The Labute approximate surface area is 109 Å². The molecule has 4 unspecified atom stereocenters. The minimum Gasteiger partial charge on any atom is -0.397 e. The lowest BCUT2D eigenvalue weighted by Crippen LogP contribution is -2.59. The standard InChI is InChI=1S/C10H25NO6Si/c1-7(12)9(14)11(10(15)8(2)13)6-18(5,16-3)17-4/h7-10,12-15H,6H2,1-5H3. The third kappa shape index (κ3) is 4.90. The minimum absolute atomic E-state index is 0.109. The van der Waals surface area contributed by atoms with Crippen molar-refractivity contribution in [3.63, 3.8) is 0 Å². The van der Waals surface area contributed by atoms with Gasteiger partial charge in [-0.1, -0.05) is 0 Å². The first-order valence-electron chi connectivity index (χ1n) is 5.77. The molecule has 0 rings (SSSR count). The Morgan fingerprint density at radius 3 is 1.50 bits per heavy atom. The van der Waals surface area contributed by atoms with Crippen LogP contribution in [0.2, 0.25) is 6.55 Å². The van der Waals surface area contributed by atoms with Crippen molar-refractivity contribution >= 4 is 8.56 Å². The molecule has 0 aromatic rings.